The fraction of sp³-hybridized carbons (Fsp3) is 0.750. The topological polar surface area (TPSA) is 43.1 Å². The lowest BCUT2D eigenvalue weighted by molar-refractivity contribution is -0.528. The van der Waals surface area contributed by atoms with E-state index in [4.69, 9.17) is 0 Å². The zero-order valence-electron chi connectivity index (χ0n) is 7.55. The van der Waals surface area contributed by atoms with E-state index in [-0.39, 0.29) is 10.3 Å². The van der Waals surface area contributed by atoms with Crippen molar-refractivity contribution in [3.63, 3.8) is 0 Å². The predicted molar refractivity (Wildman–Crippen MR) is 45.1 cm³/mol. The van der Waals surface area contributed by atoms with Gasteiger partial charge in [0.05, 0.1) is 0 Å². The van der Waals surface area contributed by atoms with Crippen LogP contribution in [-0.4, -0.2) is 11.0 Å². The van der Waals surface area contributed by atoms with Crippen molar-refractivity contribution in [3.05, 3.63) is 22.3 Å². The van der Waals surface area contributed by atoms with Crippen LogP contribution in [0.1, 0.15) is 27.7 Å². The normalized spacial score (nSPS) is 14.2. The van der Waals surface area contributed by atoms with Gasteiger partial charge in [-0.05, 0) is 12.5 Å². The van der Waals surface area contributed by atoms with Crippen LogP contribution in [0.3, 0.4) is 0 Å². The SMILES string of the molecule is C=C(C)C([N+](=O)[O-])C(C)(C)C. The molecule has 11 heavy (non-hydrogen) atoms. The van der Waals surface area contributed by atoms with E-state index in [0.717, 1.165) is 0 Å². The monoisotopic (exact) mass is 157 g/mol. The molecule has 0 N–H and O–H groups in total. The van der Waals surface area contributed by atoms with Gasteiger partial charge in [-0.1, -0.05) is 27.4 Å². The smallest absolute Gasteiger partial charge is 0.238 e. The Hall–Kier alpha value is -0.860. The van der Waals surface area contributed by atoms with Crippen molar-refractivity contribution in [2.75, 3.05) is 0 Å². The van der Waals surface area contributed by atoms with Gasteiger partial charge in [-0.2, -0.15) is 0 Å². The Morgan fingerprint density at radius 2 is 1.91 bits per heavy atom. The molecule has 0 aliphatic carbocycles. The summed E-state index contributed by atoms with van der Waals surface area (Å²) in [5, 5.41) is 10.5. The minimum atomic E-state index is -0.637. The Morgan fingerprint density at radius 1 is 1.55 bits per heavy atom. The molecule has 0 saturated heterocycles. The van der Waals surface area contributed by atoms with Crippen LogP contribution >= 0.6 is 0 Å². The minimum absolute atomic E-state index is 0.275. The van der Waals surface area contributed by atoms with Crippen LogP contribution in [0.2, 0.25) is 0 Å². The molecule has 0 aliphatic heterocycles. The Labute approximate surface area is 67.3 Å². The molecule has 1 unspecified atom stereocenters. The second-order valence-electron chi connectivity index (χ2n) is 3.90. The number of hydrogen-bond donors (Lipinski definition) is 0. The summed E-state index contributed by atoms with van der Waals surface area (Å²) in [5.74, 6) is 0. The number of nitro groups is 1. The van der Waals surface area contributed by atoms with E-state index in [1.165, 1.54) is 0 Å². The zero-order valence-corrected chi connectivity index (χ0v) is 7.55. The third-order valence-corrected chi connectivity index (χ3v) is 1.50. The summed E-state index contributed by atoms with van der Waals surface area (Å²) in [6.45, 7) is 10.8. The first-order valence-electron chi connectivity index (χ1n) is 3.55. The maximum absolute atomic E-state index is 10.5. The first-order valence-corrected chi connectivity index (χ1v) is 3.55. The van der Waals surface area contributed by atoms with E-state index in [9.17, 15) is 10.1 Å². The molecule has 3 nitrogen and oxygen atoms in total. The lowest BCUT2D eigenvalue weighted by Crippen LogP contribution is -2.34. The van der Waals surface area contributed by atoms with Gasteiger partial charge in [0, 0.05) is 10.3 Å². The standard InChI is InChI=1S/C8H15NO2/c1-6(2)7(9(10)11)8(3,4)5/h7H,1H2,2-5H3. The molecule has 0 bridgehead atoms. The Kier molecular flexibility index (Phi) is 2.79. The molecular formula is C8H15NO2. The van der Waals surface area contributed by atoms with Crippen LogP contribution in [-0.2, 0) is 0 Å². The second-order valence-corrected chi connectivity index (χ2v) is 3.90. The van der Waals surface area contributed by atoms with Crippen LogP contribution in [0, 0.1) is 15.5 Å². The fourth-order valence-electron chi connectivity index (χ4n) is 1.24. The van der Waals surface area contributed by atoms with Crippen molar-refractivity contribution < 1.29 is 4.92 Å². The van der Waals surface area contributed by atoms with Gasteiger partial charge in [0.1, 0.15) is 0 Å². The average molecular weight is 157 g/mol. The van der Waals surface area contributed by atoms with Crippen LogP contribution in [0.15, 0.2) is 12.2 Å². The number of hydrogen-bond acceptors (Lipinski definition) is 2. The van der Waals surface area contributed by atoms with E-state index < -0.39 is 6.04 Å². The van der Waals surface area contributed by atoms with E-state index in [0.29, 0.717) is 5.57 Å². The summed E-state index contributed by atoms with van der Waals surface area (Å²) in [6, 6.07) is -0.637. The summed E-state index contributed by atoms with van der Waals surface area (Å²) in [7, 11) is 0. The average Bonchev–Trinajstić information content (AvgIpc) is 1.54. The van der Waals surface area contributed by atoms with Gasteiger partial charge in [0.25, 0.3) is 0 Å². The summed E-state index contributed by atoms with van der Waals surface area (Å²) >= 11 is 0. The molecule has 0 fully saturated rings. The van der Waals surface area contributed by atoms with Crippen molar-refractivity contribution >= 4 is 0 Å². The molecule has 0 rings (SSSR count). The van der Waals surface area contributed by atoms with E-state index in [2.05, 4.69) is 6.58 Å². The fourth-order valence-corrected chi connectivity index (χ4v) is 1.24. The van der Waals surface area contributed by atoms with E-state index in [1.807, 2.05) is 20.8 Å². The summed E-state index contributed by atoms with van der Waals surface area (Å²) in [5.41, 5.74) is 0.275. The Balaban J connectivity index is 4.63. The molecule has 64 valence electrons. The highest BCUT2D eigenvalue weighted by Crippen LogP contribution is 2.26. The highest BCUT2D eigenvalue weighted by atomic mass is 16.6. The first kappa shape index (κ1) is 10.1. The van der Waals surface area contributed by atoms with E-state index >= 15 is 0 Å². The summed E-state index contributed by atoms with van der Waals surface area (Å²) in [6.07, 6.45) is 0. The predicted octanol–water partition coefficient (Wildman–Crippen LogP) is 2.25. The summed E-state index contributed by atoms with van der Waals surface area (Å²) in [4.78, 5) is 10.3. The van der Waals surface area contributed by atoms with Gasteiger partial charge in [-0.15, -0.1) is 0 Å². The quantitative estimate of drug-likeness (QED) is 0.350. The lowest BCUT2D eigenvalue weighted by atomic mass is 9.84. The third-order valence-electron chi connectivity index (χ3n) is 1.50. The molecular weight excluding hydrogens is 142 g/mol. The molecule has 0 heterocycles. The van der Waals surface area contributed by atoms with Gasteiger partial charge in [-0.25, -0.2) is 0 Å². The molecule has 3 heteroatoms. The van der Waals surface area contributed by atoms with Gasteiger partial charge in [-0.3, -0.25) is 10.1 Å². The van der Waals surface area contributed by atoms with Crippen LogP contribution < -0.4 is 0 Å². The number of rotatable bonds is 2. The van der Waals surface area contributed by atoms with E-state index in [1.54, 1.807) is 6.92 Å². The Bertz CT molecular complexity index is 165. The van der Waals surface area contributed by atoms with Crippen LogP contribution in [0.5, 0.6) is 0 Å². The molecule has 0 spiro atoms. The first-order chi connectivity index (χ1) is 4.76. The van der Waals surface area contributed by atoms with Gasteiger partial charge < -0.3 is 0 Å². The highest BCUT2D eigenvalue weighted by Gasteiger charge is 2.35. The van der Waals surface area contributed by atoms with Crippen molar-refractivity contribution in [1.82, 2.24) is 0 Å². The molecule has 1 atom stereocenters. The van der Waals surface area contributed by atoms with Crippen molar-refractivity contribution in [1.29, 1.82) is 0 Å². The van der Waals surface area contributed by atoms with Crippen LogP contribution in [0.4, 0.5) is 0 Å². The third kappa shape index (κ3) is 2.70. The van der Waals surface area contributed by atoms with Crippen molar-refractivity contribution in [2.24, 2.45) is 5.41 Å². The van der Waals surface area contributed by atoms with Crippen LogP contribution in [0.25, 0.3) is 0 Å². The maximum atomic E-state index is 10.5. The van der Waals surface area contributed by atoms with Crippen molar-refractivity contribution in [2.45, 2.75) is 33.7 Å². The second kappa shape index (κ2) is 3.03. The molecule has 0 aromatic carbocycles. The summed E-state index contributed by atoms with van der Waals surface area (Å²) < 4.78 is 0. The molecule has 0 radical (unpaired) electrons. The molecule has 0 aromatic rings. The zero-order chi connectivity index (χ0) is 9.23. The lowest BCUT2D eigenvalue weighted by Gasteiger charge is -2.22. The molecule has 0 aromatic heterocycles. The largest absolute Gasteiger partial charge is 0.264 e. The molecule has 0 saturated carbocycles. The van der Waals surface area contributed by atoms with Gasteiger partial charge >= 0.3 is 0 Å². The molecule has 0 amide bonds. The minimum Gasteiger partial charge on any atom is -0.264 e. The molecule has 0 aliphatic rings. The highest BCUT2D eigenvalue weighted by molar-refractivity contribution is 5.02. The van der Waals surface area contributed by atoms with Crippen molar-refractivity contribution in [3.8, 4) is 0 Å². The van der Waals surface area contributed by atoms with Gasteiger partial charge in [0.15, 0.2) is 0 Å². The van der Waals surface area contributed by atoms with Gasteiger partial charge in [0.2, 0.25) is 6.04 Å². The maximum Gasteiger partial charge on any atom is 0.238 e. The number of nitrogens with zero attached hydrogens (tertiary/aromatic N) is 1. The Morgan fingerprint density at radius 3 is 1.91 bits per heavy atom.